The maximum absolute atomic E-state index is 12.4. The number of halogens is 1. The fraction of sp³-hybridized carbons (Fsp3) is 0.429. The number of nitrogens with zero attached hydrogens (tertiary/aromatic N) is 1. The number of nitrogens with two attached hydrogens (primary N) is 1. The summed E-state index contributed by atoms with van der Waals surface area (Å²) in [5, 5.41) is 4.98. The molecule has 2 amide bonds. The van der Waals surface area contributed by atoms with Crippen molar-refractivity contribution in [2.45, 2.75) is 32.7 Å². The topological polar surface area (TPSA) is 75.4 Å². The third-order valence-electron chi connectivity index (χ3n) is 5.30. The number of piperidine rings is 1. The highest BCUT2D eigenvalue weighted by molar-refractivity contribution is 5.98. The maximum atomic E-state index is 12.4. The van der Waals surface area contributed by atoms with Crippen molar-refractivity contribution in [3.05, 3.63) is 48.0 Å². The minimum absolute atomic E-state index is 0. The molecule has 1 aliphatic rings. The molecule has 3 rings (SSSR count). The number of carbonyl (C=O) groups is 2. The zero-order valence-electron chi connectivity index (χ0n) is 15.9. The number of hydrogen-bond donors (Lipinski definition) is 2. The Morgan fingerprint density at radius 2 is 1.89 bits per heavy atom. The maximum Gasteiger partial charge on any atom is 0.251 e. The fourth-order valence-electron chi connectivity index (χ4n) is 3.46. The Morgan fingerprint density at radius 3 is 2.59 bits per heavy atom. The Balaban J connectivity index is 0.00000261. The minimum atomic E-state index is -0.149. The Labute approximate surface area is 166 Å². The van der Waals surface area contributed by atoms with Crippen LogP contribution in [0.3, 0.4) is 0 Å². The number of hydrogen-bond acceptors (Lipinski definition) is 3. The molecule has 27 heavy (non-hydrogen) atoms. The molecule has 2 aromatic rings. The number of likely N-dealkylation sites (tertiary alicyclic amines) is 1. The van der Waals surface area contributed by atoms with Crippen LogP contribution in [0, 0.1) is 5.41 Å². The van der Waals surface area contributed by atoms with Crippen LogP contribution in [-0.4, -0.2) is 42.4 Å². The van der Waals surface area contributed by atoms with Crippen LogP contribution < -0.4 is 11.1 Å². The van der Waals surface area contributed by atoms with E-state index in [9.17, 15) is 9.59 Å². The molecule has 1 fully saturated rings. The van der Waals surface area contributed by atoms with Crippen LogP contribution in [0.1, 0.15) is 37.0 Å². The van der Waals surface area contributed by atoms with Crippen molar-refractivity contribution in [1.29, 1.82) is 0 Å². The van der Waals surface area contributed by atoms with Gasteiger partial charge in [0.2, 0.25) is 5.91 Å². The molecule has 6 heteroatoms. The highest BCUT2D eigenvalue weighted by atomic mass is 35.5. The highest BCUT2D eigenvalue weighted by Gasteiger charge is 2.35. The van der Waals surface area contributed by atoms with E-state index in [1.54, 1.807) is 0 Å². The number of amides is 2. The smallest absolute Gasteiger partial charge is 0.251 e. The normalized spacial score (nSPS) is 18.6. The zero-order valence-corrected chi connectivity index (χ0v) is 16.7. The molecule has 1 heterocycles. The lowest BCUT2D eigenvalue weighted by atomic mass is 9.79. The molecule has 1 atom stereocenters. The molecule has 1 saturated heterocycles. The molecule has 0 aromatic heterocycles. The molecule has 0 bridgehead atoms. The summed E-state index contributed by atoms with van der Waals surface area (Å²) in [6.07, 6.45) is 1.13. The van der Waals surface area contributed by atoms with Crippen LogP contribution in [0.4, 0.5) is 0 Å². The minimum Gasteiger partial charge on any atom is -0.352 e. The Bertz CT molecular complexity index is 822. The molecular weight excluding hydrogens is 362 g/mol. The van der Waals surface area contributed by atoms with E-state index in [0.29, 0.717) is 31.6 Å². The number of carbonyl (C=O) groups excluding carboxylic acids is 2. The van der Waals surface area contributed by atoms with Gasteiger partial charge in [0.1, 0.15) is 0 Å². The van der Waals surface area contributed by atoms with Gasteiger partial charge in [0.15, 0.2) is 0 Å². The van der Waals surface area contributed by atoms with E-state index in [2.05, 4.69) is 19.2 Å². The predicted molar refractivity (Wildman–Crippen MR) is 111 cm³/mol. The summed E-state index contributed by atoms with van der Waals surface area (Å²) in [6.45, 7) is 5.90. The van der Waals surface area contributed by atoms with Crippen LogP contribution in [0.15, 0.2) is 42.5 Å². The van der Waals surface area contributed by atoms with Crippen LogP contribution in [-0.2, 0) is 4.79 Å². The lowest BCUT2D eigenvalue weighted by Gasteiger charge is -2.42. The van der Waals surface area contributed by atoms with E-state index >= 15 is 0 Å². The number of benzene rings is 2. The van der Waals surface area contributed by atoms with Gasteiger partial charge in [-0.3, -0.25) is 9.59 Å². The van der Waals surface area contributed by atoms with E-state index in [-0.39, 0.29) is 35.7 Å². The summed E-state index contributed by atoms with van der Waals surface area (Å²) < 4.78 is 0. The second-order valence-corrected chi connectivity index (χ2v) is 7.77. The van der Waals surface area contributed by atoms with Crippen molar-refractivity contribution in [3.8, 4) is 0 Å². The van der Waals surface area contributed by atoms with Gasteiger partial charge in [-0.05, 0) is 34.7 Å². The molecule has 146 valence electrons. The predicted octanol–water partition coefficient (Wildman–Crippen LogP) is 2.97. The Hall–Kier alpha value is -2.11. The van der Waals surface area contributed by atoms with Gasteiger partial charge in [0.25, 0.3) is 5.91 Å². The van der Waals surface area contributed by atoms with Crippen LogP contribution in [0.5, 0.6) is 0 Å². The van der Waals surface area contributed by atoms with Gasteiger partial charge >= 0.3 is 0 Å². The van der Waals surface area contributed by atoms with Crippen molar-refractivity contribution in [3.63, 3.8) is 0 Å². The van der Waals surface area contributed by atoms with Crippen molar-refractivity contribution in [1.82, 2.24) is 10.2 Å². The zero-order chi connectivity index (χ0) is 18.7. The molecule has 0 aliphatic carbocycles. The van der Waals surface area contributed by atoms with Crippen LogP contribution >= 0.6 is 12.4 Å². The van der Waals surface area contributed by atoms with E-state index in [1.165, 1.54) is 0 Å². The number of fused-ring (bicyclic) bond motifs is 1. The standard InChI is InChI=1S/C21H27N3O2.ClH/c1-21(2)14-24(12-10-18(21)22)19(25)9-11-23-20(26)17-8-7-15-5-3-4-6-16(15)13-17;/h3-8,13,18H,9-12,14,22H2,1-2H3,(H,23,26);1H. The summed E-state index contributed by atoms with van der Waals surface area (Å²) in [4.78, 5) is 26.6. The highest BCUT2D eigenvalue weighted by Crippen LogP contribution is 2.27. The lowest BCUT2D eigenvalue weighted by Crippen LogP contribution is -2.54. The molecular formula is C21H28ClN3O2. The SMILES string of the molecule is CC1(C)CN(C(=O)CCNC(=O)c2ccc3ccccc3c2)CCC1N.Cl. The Morgan fingerprint density at radius 1 is 1.19 bits per heavy atom. The van der Waals surface area contributed by atoms with Gasteiger partial charge < -0.3 is 16.0 Å². The molecule has 2 aromatic carbocycles. The molecule has 0 spiro atoms. The molecule has 5 nitrogen and oxygen atoms in total. The van der Waals surface area contributed by atoms with Crippen LogP contribution in [0.25, 0.3) is 10.8 Å². The second-order valence-electron chi connectivity index (χ2n) is 7.77. The largest absolute Gasteiger partial charge is 0.352 e. The molecule has 0 saturated carbocycles. The number of nitrogens with one attached hydrogen (secondary N) is 1. The van der Waals surface area contributed by atoms with Gasteiger partial charge in [0, 0.05) is 37.7 Å². The Kier molecular flexibility index (Phi) is 6.84. The first-order valence-corrected chi connectivity index (χ1v) is 9.17. The van der Waals surface area contributed by atoms with E-state index in [4.69, 9.17) is 5.73 Å². The molecule has 1 aliphatic heterocycles. The first-order valence-electron chi connectivity index (χ1n) is 9.17. The second kappa shape index (κ2) is 8.72. The summed E-state index contributed by atoms with van der Waals surface area (Å²) in [5.41, 5.74) is 6.67. The summed E-state index contributed by atoms with van der Waals surface area (Å²) in [7, 11) is 0. The molecule has 3 N–H and O–H groups in total. The van der Waals surface area contributed by atoms with Crippen molar-refractivity contribution < 1.29 is 9.59 Å². The average Bonchev–Trinajstić information content (AvgIpc) is 2.63. The third kappa shape index (κ3) is 4.99. The first kappa shape index (κ1) is 21.2. The van der Waals surface area contributed by atoms with E-state index in [0.717, 1.165) is 17.2 Å². The van der Waals surface area contributed by atoms with E-state index < -0.39 is 0 Å². The number of rotatable bonds is 4. The van der Waals surface area contributed by atoms with Crippen LogP contribution in [0.2, 0.25) is 0 Å². The van der Waals surface area contributed by atoms with Crippen molar-refractivity contribution >= 4 is 35.0 Å². The van der Waals surface area contributed by atoms with Crippen molar-refractivity contribution in [2.24, 2.45) is 11.1 Å². The lowest BCUT2D eigenvalue weighted by molar-refractivity contribution is -0.134. The molecule has 0 radical (unpaired) electrons. The van der Waals surface area contributed by atoms with Crippen molar-refractivity contribution in [2.75, 3.05) is 19.6 Å². The van der Waals surface area contributed by atoms with Gasteiger partial charge in [-0.25, -0.2) is 0 Å². The third-order valence-corrected chi connectivity index (χ3v) is 5.30. The summed E-state index contributed by atoms with van der Waals surface area (Å²) in [6, 6.07) is 13.7. The quantitative estimate of drug-likeness (QED) is 0.844. The molecule has 1 unspecified atom stereocenters. The fourth-order valence-corrected chi connectivity index (χ4v) is 3.46. The summed E-state index contributed by atoms with van der Waals surface area (Å²) in [5.74, 6) is -0.0756. The first-order chi connectivity index (χ1) is 12.4. The monoisotopic (exact) mass is 389 g/mol. The summed E-state index contributed by atoms with van der Waals surface area (Å²) >= 11 is 0. The van der Waals surface area contributed by atoms with E-state index in [1.807, 2.05) is 47.4 Å². The van der Waals surface area contributed by atoms with Gasteiger partial charge in [0.05, 0.1) is 0 Å². The van der Waals surface area contributed by atoms with Gasteiger partial charge in [-0.15, -0.1) is 12.4 Å². The van der Waals surface area contributed by atoms with Gasteiger partial charge in [-0.2, -0.15) is 0 Å². The van der Waals surface area contributed by atoms with Gasteiger partial charge in [-0.1, -0.05) is 44.2 Å². The average molecular weight is 390 g/mol.